The van der Waals surface area contributed by atoms with Crippen LogP contribution in [0.3, 0.4) is 0 Å². The van der Waals surface area contributed by atoms with Gasteiger partial charge in [0.05, 0.1) is 30.7 Å². The number of anilines is 1. The summed E-state index contributed by atoms with van der Waals surface area (Å²) >= 11 is 0. The molecule has 19 heavy (non-hydrogen) atoms. The van der Waals surface area contributed by atoms with Crippen LogP contribution in [0, 0.1) is 0 Å². The molecule has 2 aliphatic heterocycles. The van der Waals surface area contributed by atoms with Gasteiger partial charge in [0.15, 0.2) is 0 Å². The minimum absolute atomic E-state index is 0.157. The number of nitrogens with two attached hydrogens (primary N) is 1. The van der Waals surface area contributed by atoms with Crippen molar-refractivity contribution in [2.75, 3.05) is 24.6 Å². The van der Waals surface area contributed by atoms with Crippen LogP contribution in [-0.2, 0) is 10.0 Å². The summed E-state index contributed by atoms with van der Waals surface area (Å²) in [6.45, 7) is 1.35. The van der Waals surface area contributed by atoms with Crippen LogP contribution in [0.15, 0.2) is 39.3 Å². The van der Waals surface area contributed by atoms with E-state index in [2.05, 4.69) is 4.40 Å². The van der Waals surface area contributed by atoms with Gasteiger partial charge in [-0.3, -0.25) is 0 Å². The van der Waals surface area contributed by atoms with Crippen LogP contribution in [0.2, 0.25) is 0 Å². The van der Waals surface area contributed by atoms with Gasteiger partial charge >= 0.3 is 0 Å². The summed E-state index contributed by atoms with van der Waals surface area (Å²) in [5.74, 6) is 0.754. The number of benzene rings is 1. The molecule has 0 fully saturated rings. The van der Waals surface area contributed by atoms with Crippen LogP contribution in [-0.4, -0.2) is 34.3 Å². The Labute approximate surface area is 111 Å². The molecule has 100 valence electrons. The molecule has 1 aromatic carbocycles. The topological polar surface area (TPSA) is 85.0 Å². The molecule has 3 rings (SSSR count). The molecule has 0 amide bonds. The maximum absolute atomic E-state index is 11.8. The first kappa shape index (κ1) is 12.0. The summed E-state index contributed by atoms with van der Waals surface area (Å²) in [5.41, 5.74) is 6.77. The van der Waals surface area contributed by atoms with Gasteiger partial charge in [0, 0.05) is 0 Å². The molecule has 0 radical (unpaired) electrons. The maximum atomic E-state index is 11.8. The van der Waals surface area contributed by atoms with E-state index in [0.717, 1.165) is 11.4 Å². The second-order valence-corrected chi connectivity index (χ2v) is 5.98. The average molecular weight is 279 g/mol. The number of rotatable bonds is 2. The second kappa shape index (κ2) is 4.27. The van der Waals surface area contributed by atoms with Crippen molar-refractivity contribution in [3.8, 4) is 5.75 Å². The van der Waals surface area contributed by atoms with Gasteiger partial charge in [-0.05, 0) is 12.1 Å². The number of fused-ring (bicyclic) bond motifs is 1. The van der Waals surface area contributed by atoms with Gasteiger partial charge in [-0.2, -0.15) is 12.8 Å². The highest BCUT2D eigenvalue weighted by Gasteiger charge is 2.28. The van der Waals surface area contributed by atoms with Crippen molar-refractivity contribution >= 4 is 21.9 Å². The lowest BCUT2D eigenvalue weighted by Gasteiger charge is -2.31. The van der Waals surface area contributed by atoms with E-state index >= 15 is 0 Å². The monoisotopic (exact) mass is 279 g/mol. The molecule has 2 aliphatic rings. The summed E-state index contributed by atoms with van der Waals surface area (Å²) in [5, 5.41) is 0. The number of hydrogen-bond donors (Lipinski definition) is 1. The first-order chi connectivity index (χ1) is 9.08. The highest BCUT2D eigenvalue weighted by Crippen LogP contribution is 2.32. The van der Waals surface area contributed by atoms with Crippen LogP contribution < -0.4 is 15.4 Å². The molecule has 0 saturated heterocycles. The summed E-state index contributed by atoms with van der Waals surface area (Å²) in [4.78, 5) is 2.09. The number of hydrogen-bond acceptors (Lipinski definition) is 5. The lowest BCUT2D eigenvalue weighted by atomic mass is 10.2. The number of nitrogens with zero attached hydrogens (tertiary/aromatic N) is 2. The van der Waals surface area contributed by atoms with E-state index in [1.165, 1.54) is 6.21 Å². The Bertz CT molecular complexity index is 679. The zero-order valence-electron chi connectivity index (χ0n) is 10.1. The van der Waals surface area contributed by atoms with Crippen molar-refractivity contribution in [2.24, 2.45) is 10.1 Å². The molecule has 0 atom stereocenters. The lowest BCUT2D eigenvalue weighted by molar-refractivity contribution is 0.309. The van der Waals surface area contributed by atoms with E-state index in [-0.39, 0.29) is 17.1 Å². The largest absolute Gasteiger partial charge is 0.490 e. The number of para-hydroxylation sites is 2. The predicted octanol–water partition coefficient (Wildman–Crippen LogP) is 0.470. The van der Waals surface area contributed by atoms with E-state index in [1.54, 1.807) is 0 Å². The SMILES string of the molecule is NC1=C(CN2CCOc3ccccc32)S(=O)(=O)N=C1. The minimum atomic E-state index is -3.60. The zero-order valence-corrected chi connectivity index (χ0v) is 10.9. The molecule has 0 aliphatic carbocycles. The molecule has 6 nitrogen and oxygen atoms in total. The Morgan fingerprint density at radius 2 is 2.16 bits per heavy atom. The van der Waals surface area contributed by atoms with Crippen molar-refractivity contribution in [2.45, 2.75) is 0 Å². The Morgan fingerprint density at radius 1 is 1.37 bits per heavy atom. The van der Waals surface area contributed by atoms with E-state index in [1.807, 2.05) is 29.2 Å². The van der Waals surface area contributed by atoms with Crippen LogP contribution in [0.25, 0.3) is 0 Å². The van der Waals surface area contributed by atoms with Crippen LogP contribution in [0.1, 0.15) is 0 Å². The molecular weight excluding hydrogens is 266 g/mol. The molecular formula is C12H13N3O3S. The fourth-order valence-corrected chi connectivity index (χ4v) is 3.20. The van der Waals surface area contributed by atoms with Crippen LogP contribution >= 0.6 is 0 Å². The molecule has 0 unspecified atom stereocenters. The van der Waals surface area contributed by atoms with Crippen molar-refractivity contribution in [3.63, 3.8) is 0 Å². The average Bonchev–Trinajstić information content (AvgIpc) is 2.66. The molecule has 0 aromatic heterocycles. The fourth-order valence-electron chi connectivity index (χ4n) is 2.15. The predicted molar refractivity (Wildman–Crippen MR) is 72.8 cm³/mol. The molecule has 2 heterocycles. The van der Waals surface area contributed by atoms with Gasteiger partial charge in [0.1, 0.15) is 17.3 Å². The van der Waals surface area contributed by atoms with E-state index in [9.17, 15) is 8.42 Å². The molecule has 0 spiro atoms. The standard InChI is InChI=1S/C12H13N3O3S/c13-9-7-14-19(16,17)12(9)8-15-5-6-18-11-4-2-1-3-10(11)15/h1-4,7H,5-6,8,13H2. The fraction of sp³-hybridized carbons (Fsp3) is 0.250. The summed E-state index contributed by atoms with van der Waals surface area (Å²) < 4.78 is 32.5. The normalized spacial score (nSPS) is 20.3. The van der Waals surface area contributed by atoms with E-state index < -0.39 is 10.0 Å². The highest BCUT2D eigenvalue weighted by atomic mass is 32.2. The van der Waals surface area contributed by atoms with Crippen molar-refractivity contribution in [3.05, 3.63) is 34.9 Å². The first-order valence-corrected chi connectivity index (χ1v) is 7.28. The third kappa shape index (κ3) is 2.06. The zero-order chi connectivity index (χ0) is 13.5. The van der Waals surface area contributed by atoms with Crippen molar-refractivity contribution in [1.82, 2.24) is 0 Å². The maximum Gasteiger partial charge on any atom is 0.282 e. The number of sulfonamides is 1. The Balaban J connectivity index is 1.93. The third-order valence-electron chi connectivity index (χ3n) is 3.12. The molecule has 1 aromatic rings. The van der Waals surface area contributed by atoms with E-state index in [0.29, 0.717) is 13.2 Å². The van der Waals surface area contributed by atoms with Gasteiger partial charge < -0.3 is 15.4 Å². The first-order valence-electron chi connectivity index (χ1n) is 5.84. The summed E-state index contributed by atoms with van der Waals surface area (Å²) in [7, 11) is -3.60. The van der Waals surface area contributed by atoms with Gasteiger partial charge in [-0.25, -0.2) is 0 Å². The number of allylic oxidation sites excluding steroid dienone is 1. The van der Waals surface area contributed by atoms with Crippen LogP contribution in [0.5, 0.6) is 5.75 Å². The number of ether oxygens (including phenoxy) is 1. The molecule has 2 N–H and O–H groups in total. The molecule has 7 heteroatoms. The smallest absolute Gasteiger partial charge is 0.282 e. The second-order valence-electron chi connectivity index (χ2n) is 4.33. The van der Waals surface area contributed by atoms with Crippen LogP contribution in [0.4, 0.5) is 5.69 Å². The molecule has 0 saturated carbocycles. The van der Waals surface area contributed by atoms with E-state index in [4.69, 9.17) is 10.5 Å². The van der Waals surface area contributed by atoms with Crippen molar-refractivity contribution < 1.29 is 13.2 Å². The molecule has 0 bridgehead atoms. The lowest BCUT2D eigenvalue weighted by Crippen LogP contribution is -2.35. The van der Waals surface area contributed by atoms with Gasteiger partial charge in [-0.1, -0.05) is 12.1 Å². The minimum Gasteiger partial charge on any atom is -0.490 e. The summed E-state index contributed by atoms with van der Waals surface area (Å²) in [6.07, 6.45) is 1.19. The van der Waals surface area contributed by atoms with Gasteiger partial charge in [0.2, 0.25) is 0 Å². The Morgan fingerprint density at radius 3 is 2.89 bits per heavy atom. The van der Waals surface area contributed by atoms with Crippen molar-refractivity contribution in [1.29, 1.82) is 0 Å². The third-order valence-corrected chi connectivity index (χ3v) is 4.49. The quantitative estimate of drug-likeness (QED) is 0.850. The Kier molecular flexibility index (Phi) is 2.70. The highest BCUT2D eigenvalue weighted by molar-refractivity contribution is 7.94. The summed E-state index contributed by atoms with van der Waals surface area (Å²) in [6, 6.07) is 7.52. The Hall–Kier alpha value is -2.02. The van der Waals surface area contributed by atoms with Gasteiger partial charge in [0.25, 0.3) is 10.0 Å². The van der Waals surface area contributed by atoms with Gasteiger partial charge in [-0.15, -0.1) is 0 Å².